The fourth-order valence-corrected chi connectivity index (χ4v) is 2.48. The van der Waals surface area contributed by atoms with Crippen molar-refractivity contribution in [2.24, 2.45) is 11.7 Å². The lowest BCUT2D eigenvalue weighted by molar-refractivity contribution is -0.157. The van der Waals surface area contributed by atoms with Gasteiger partial charge in [-0.15, -0.1) is 0 Å². The average Bonchev–Trinajstić information content (AvgIpc) is 2.57. The number of hydrogen-bond acceptors (Lipinski definition) is 6. The highest BCUT2D eigenvalue weighted by atomic mass is 19.1. The summed E-state index contributed by atoms with van der Waals surface area (Å²) < 4.78 is 36.1. The van der Waals surface area contributed by atoms with Crippen molar-refractivity contribution in [1.82, 2.24) is 5.32 Å². The second-order valence-corrected chi connectivity index (χ2v) is 5.77. The van der Waals surface area contributed by atoms with Gasteiger partial charge in [-0.05, 0) is 31.5 Å². The molecule has 0 fully saturated rings. The zero-order valence-electron chi connectivity index (χ0n) is 15.5. The van der Waals surface area contributed by atoms with E-state index >= 15 is 0 Å². The quantitative estimate of drug-likeness (QED) is 0.555. The van der Waals surface area contributed by atoms with E-state index in [0.29, 0.717) is 6.07 Å². The van der Waals surface area contributed by atoms with Gasteiger partial charge in [0, 0.05) is 6.07 Å². The van der Waals surface area contributed by atoms with Crippen LogP contribution in [0.3, 0.4) is 0 Å². The number of rotatable bonds is 10. The molecule has 0 saturated heterocycles. The van der Waals surface area contributed by atoms with Gasteiger partial charge in [-0.2, -0.15) is 0 Å². The summed E-state index contributed by atoms with van der Waals surface area (Å²) in [6, 6.07) is 0.964. The summed E-state index contributed by atoms with van der Waals surface area (Å²) in [6.45, 7) is 3.10. The molecule has 0 spiro atoms. The normalized spacial score (nSPS) is 12.6. The lowest BCUT2D eigenvalue weighted by atomic mass is 9.95. The fraction of sp³-hybridized carbons (Fsp3) is 0.444. The van der Waals surface area contributed by atoms with E-state index in [1.54, 1.807) is 6.92 Å². The Bertz CT molecular complexity index is 721. The summed E-state index contributed by atoms with van der Waals surface area (Å²) in [7, 11) is 0. The minimum absolute atomic E-state index is 0.0105. The van der Waals surface area contributed by atoms with E-state index in [2.05, 4.69) is 5.32 Å². The van der Waals surface area contributed by atoms with Gasteiger partial charge in [-0.3, -0.25) is 19.2 Å². The number of benzene rings is 1. The predicted molar refractivity (Wildman–Crippen MR) is 92.6 cm³/mol. The second-order valence-electron chi connectivity index (χ2n) is 5.77. The molecule has 0 aliphatic carbocycles. The third-order valence-corrected chi connectivity index (χ3v) is 3.59. The molecule has 10 heteroatoms. The van der Waals surface area contributed by atoms with E-state index in [1.165, 1.54) is 6.92 Å². The molecule has 1 rings (SSSR count). The zero-order valence-corrected chi connectivity index (χ0v) is 15.5. The third kappa shape index (κ3) is 7.29. The Labute approximate surface area is 160 Å². The Hall–Kier alpha value is -3.04. The lowest BCUT2D eigenvalue weighted by Gasteiger charge is -2.23. The number of amides is 2. The van der Waals surface area contributed by atoms with E-state index in [-0.39, 0.29) is 18.8 Å². The number of carbonyl (C=O) groups is 4. The van der Waals surface area contributed by atoms with Crippen LogP contribution < -0.4 is 11.1 Å². The predicted octanol–water partition coefficient (Wildman–Crippen LogP) is 0.610. The SMILES string of the molecule is CCOC(=O)C[C@@H](C(=O)OCC)[C@H](NC(=O)Cc1cc(F)cc(F)c1)C(N)=O. The first-order valence-corrected chi connectivity index (χ1v) is 8.53. The first kappa shape index (κ1) is 23.0. The molecular formula is C18H22F2N2O6. The molecular weight excluding hydrogens is 378 g/mol. The van der Waals surface area contributed by atoms with Crippen LogP contribution in [-0.4, -0.2) is 43.0 Å². The first-order valence-electron chi connectivity index (χ1n) is 8.53. The Morgan fingerprint density at radius 3 is 2.11 bits per heavy atom. The topological polar surface area (TPSA) is 125 Å². The molecule has 154 valence electrons. The number of nitrogens with two attached hydrogens (primary N) is 1. The van der Waals surface area contributed by atoms with E-state index in [1.807, 2.05) is 0 Å². The van der Waals surface area contributed by atoms with Crippen molar-refractivity contribution < 1.29 is 37.4 Å². The van der Waals surface area contributed by atoms with Crippen molar-refractivity contribution in [2.45, 2.75) is 32.7 Å². The molecule has 0 aliphatic rings. The monoisotopic (exact) mass is 400 g/mol. The third-order valence-electron chi connectivity index (χ3n) is 3.59. The van der Waals surface area contributed by atoms with Crippen molar-refractivity contribution in [3.8, 4) is 0 Å². The smallest absolute Gasteiger partial charge is 0.312 e. The van der Waals surface area contributed by atoms with Crippen LogP contribution in [0.2, 0.25) is 0 Å². The summed E-state index contributed by atoms with van der Waals surface area (Å²) in [5.74, 6) is -6.77. The molecule has 2 atom stereocenters. The zero-order chi connectivity index (χ0) is 21.3. The van der Waals surface area contributed by atoms with Gasteiger partial charge in [0.2, 0.25) is 11.8 Å². The van der Waals surface area contributed by atoms with Crippen molar-refractivity contribution >= 4 is 23.8 Å². The molecule has 28 heavy (non-hydrogen) atoms. The van der Waals surface area contributed by atoms with Gasteiger partial charge in [0.15, 0.2) is 0 Å². The molecule has 1 aromatic rings. The van der Waals surface area contributed by atoms with Crippen molar-refractivity contribution in [3.05, 3.63) is 35.4 Å². The molecule has 0 bridgehead atoms. The van der Waals surface area contributed by atoms with Crippen LogP contribution >= 0.6 is 0 Å². The van der Waals surface area contributed by atoms with Gasteiger partial charge in [0.25, 0.3) is 0 Å². The summed E-state index contributed by atoms with van der Waals surface area (Å²) in [5.41, 5.74) is 5.29. The minimum Gasteiger partial charge on any atom is -0.466 e. The fourth-order valence-electron chi connectivity index (χ4n) is 2.48. The molecule has 0 saturated carbocycles. The second kappa shape index (κ2) is 11.0. The summed E-state index contributed by atoms with van der Waals surface area (Å²) in [6.07, 6.45) is -1.03. The number of nitrogens with one attached hydrogen (secondary N) is 1. The van der Waals surface area contributed by atoms with Crippen molar-refractivity contribution in [2.75, 3.05) is 13.2 Å². The molecule has 3 N–H and O–H groups in total. The van der Waals surface area contributed by atoms with E-state index in [4.69, 9.17) is 15.2 Å². The maximum atomic E-state index is 13.2. The maximum Gasteiger partial charge on any atom is 0.312 e. The highest BCUT2D eigenvalue weighted by Crippen LogP contribution is 2.15. The Kier molecular flexibility index (Phi) is 9.00. The van der Waals surface area contributed by atoms with Crippen molar-refractivity contribution in [1.29, 1.82) is 0 Å². The van der Waals surface area contributed by atoms with E-state index < -0.39 is 60.2 Å². The number of carbonyl (C=O) groups excluding carboxylic acids is 4. The van der Waals surface area contributed by atoms with Gasteiger partial charge in [-0.25, -0.2) is 8.78 Å². The van der Waals surface area contributed by atoms with Crippen LogP contribution in [0.25, 0.3) is 0 Å². The Morgan fingerprint density at radius 1 is 1.04 bits per heavy atom. The van der Waals surface area contributed by atoms with Gasteiger partial charge >= 0.3 is 11.9 Å². The van der Waals surface area contributed by atoms with Crippen LogP contribution in [-0.2, 0) is 35.1 Å². The van der Waals surface area contributed by atoms with Crippen LogP contribution in [0.5, 0.6) is 0 Å². The standard InChI is InChI=1S/C18H22F2N2O6/c1-3-27-15(24)9-13(18(26)28-4-2)16(17(21)25)22-14(23)7-10-5-11(19)8-12(20)6-10/h5-6,8,13,16H,3-4,7,9H2,1-2H3,(H2,21,25)(H,22,23)/t13-,16+/m1/s1. The summed E-state index contributed by atoms with van der Waals surface area (Å²) in [4.78, 5) is 48.0. The van der Waals surface area contributed by atoms with Gasteiger partial charge in [0.1, 0.15) is 17.7 Å². The van der Waals surface area contributed by atoms with Crippen LogP contribution in [0, 0.1) is 17.6 Å². The molecule has 0 radical (unpaired) electrons. The largest absolute Gasteiger partial charge is 0.466 e. The number of hydrogen-bond donors (Lipinski definition) is 2. The highest BCUT2D eigenvalue weighted by Gasteiger charge is 2.37. The summed E-state index contributed by atoms with van der Waals surface area (Å²) in [5, 5.41) is 2.22. The molecule has 2 amide bonds. The van der Waals surface area contributed by atoms with Gasteiger partial charge < -0.3 is 20.5 Å². The number of esters is 2. The molecule has 8 nitrogen and oxygen atoms in total. The maximum absolute atomic E-state index is 13.2. The molecule has 0 aromatic heterocycles. The van der Waals surface area contributed by atoms with Crippen LogP contribution in [0.4, 0.5) is 8.78 Å². The van der Waals surface area contributed by atoms with Gasteiger partial charge in [-0.1, -0.05) is 0 Å². The molecule has 1 aromatic carbocycles. The Morgan fingerprint density at radius 2 is 1.61 bits per heavy atom. The Balaban J connectivity index is 2.98. The lowest BCUT2D eigenvalue weighted by Crippen LogP contribution is -2.52. The molecule has 0 heterocycles. The number of halogens is 2. The minimum atomic E-state index is -1.57. The molecule has 0 aliphatic heterocycles. The molecule has 0 unspecified atom stereocenters. The average molecular weight is 400 g/mol. The number of primary amides is 1. The van der Waals surface area contributed by atoms with Crippen molar-refractivity contribution in [3.63, 3.8) is 0 Å². The van der Waals surface area contributed by atoms with E-state index in [0.717, 1.165) is 12.1 Å². The van der Waals surface area contributed by atoms with E-state index in [9.17, 15) is 28.0 Å². The van der Waals surface area contributed by atoms with Crippen LogP contribution in [0.15, 0.2) is 18.2 Å². The number of ether oxygens (including phenoxy) is 2. The van der Waals surface area contributed by atoms with Gasteiger partial charge in [0.05, 0.1) is 32.0 Å². The summed E-state index contributed by atoms with van der Waals surface area (Å²) >= 11 is 0. The first-order chi connectivity index (χ1) is 13.2. The highest BCUT2D eigenvalue weighted by molar-refractivity contribution is 5.93. The van der Waals surface area contributed by atoms with Crippen LogP contribution in [0.1, 0.15) is 25.8 Å².